The molecule has 0 amide bonds. The van der Waals surface area contributed by atoms with Gasteiger partial charge in [-0.2, -0.15) is 5.10 Å². The molecule has 0 aliphatic rings. The van der Waals surface area contributed by atoms with Gasteiger partial charge in [-0.3, -0.25) is 9.48 Å². The Balaban J connectivity index is 2.37. The number of carbonyl (C=O) groups excluding carboxylic acids is 1. The van der Waals surface area contributed by atoms with E-state index in [2.05, 4.69) is 21.0 Å². The van der Waals surface area contributed by atoms with E-state index in [0.29, 0.717) is 10.0 Å². The lowest BCUT2D eigenvalue weighted by molar-refractivity contribution is 0.0957. The molecule has 100 valence electrons. The first-order valence-electron chi connectivity index (χ1n) is 5.33. The van der Waals surface area contributed by atoms with Gasteiger partial charge < -0.3 is 5.73 Å². The van der Waals surface area contributed by atoms with Gasteiger partial charge in [-0.25, -0.2) is 4.39 Å². The maximum Gasteiger partial charge on any atom is 0.187 e. The van der Waals surface area contributed by atoms with Gasteiger partial charge in [0.2, 0.25) is 0 Å². The Bertz CT molecular complexity index is 644. The van der Waals surface area contributed by atoms with E-state index in [1.165, 1.54) is 23.0 Å². The minimum atomic E-state index is -0.972. The molecule has 1 unspecified atom stereocenters. The van der Waals surface area contributed by atoms with Crippen molar-refractivity contribution < 1.29 is 9.18 Å². The summed E-state index contributed by atoms with van der Waals surface area (Å²) < 4.78 is 15.8. The number of nitrogens with zero attached hydrogens (tertiary/aromatic N) is 2. The topological polar surface area (TPSA) is 60.9 Å². The van der Waals surface area contributed by atoms with Crippen LogP contribution in [0.25, 0.3) is 0 Å². The summed E-state index contributed by atoms with van der Waals surface area (Å²) in [6.07, 6.45) is 3.09. The highest BCUT2D eigenvalue weighted by Gasteiger charge is 2.23. The summed E-state index contributed by atoms with van der Waals surface area (Å²) in [4.78, 5) is 12.2. The zero-order valence-electron chi connectivity index (χ0n) is 9.90. The fraction of sp³-hybridized carbons (Fsp3) is 0.167. The summed E-state index contributed by atoms with van der Waals surface area (Å²) in [5.41, 5.74) is 6.20. The zero-order chi connectivity index (χ0) is 14.2. The highest BCUT2D eigenvalue weighted by Crippen LogP contribution is 2.29. The number of nitrogens with two attached hydrogens (primary N) is 1. The molecule has 0 saturated carbocycles. The predicted molar refractivity (Wildman–Crippen MR) is 73.6 cm³/mol. The van der Waals surface area contributed by atoms with Gasteiger partial charge in [0, 0.05) is 23.3 Å². The van der Waals surface area contributed by atoms with Gasteiger partial charge in [0.05, 0.1) is 22.8 Å². The van der Waals surface area contributed by atoms with Gasteiger partial charge in [0.15, 0.2) is 11.6 Å². The van der Waals surface area contributed by atoms with Crippen LogP contribution in [0.5, 0.6) is 0 Å². The van der Waals surface area contributed by atoms with Gasteiger partial charge in [-0.1, -0.05) is 11.6 Å². The second kappa shape index (κ2) is 5.40. The number of benzene rings is 1. The molecule has 0 aliphatic heterocycles. The number of hydrogen-bond acceptors (Lipinski definition) is 3. The molecule has 2 aromatic rings. The van der Waals surface area contributed by atoms with Crippen LogP contribution in [-0.2, 0) is 7.05 Å². The van der Waals surface area contributed by atoms with Crippen LogP contribution < -0.4 is 5.73 Å². The van der Waals surface area contributed by atoms with Crippen molar-refractivity contribution in [3.05, 3.63) is 51.0 Å². The van der Waals surface area contributed by atoms with Crippen LogP contribution in [0.2, 0.25) is 5.02 Å². The molecule has 1 aromatic carbocycles. The Kier molecular flexibility index (Phi) is 4.03. The molecule has 7 heteroatoms. The first-order valence-corrected chi connectivity index (χ1v) is 6.50. The van der Waals surface area contributed by atoms with E-state index in [0.717, 1.165) is 0 Å². The van der Waals surface area contributed by atoms with E-state index in [1.807, 2.05) is 0 Å². The van der Waals surface area contributed by atoms with Gasteiger partial charge in [0.25, 0.3) is 0 Å². The third-order valence-electron chi connectivity index (χ3n) is 2.67. The van der Waals surface area contributed by atoms with Crippen LogP contribution in [0, 0.1) is 5.82 Å². The number of carbonyl (C=O) groups is 1. The number of hydrogen-bond donors (Lipinski definition) is 1. The van der Waals surface area contributed by atoms with E-state index >= 15 is 0 Å². The molecule has 0 bridgehead atoms. The average molecular weight is 347 g/mol. The molecule has 19 heavy (non-hydrogen) atoms. The summed E-state index contributed by atoms with van der Waals surface area (Å²) in [7, 11) is 1.71. The smallest absolute Gasteiger partial charge is 0.187 e. The van der Waals surface area contributed by atoms with E-state index in [4.69, 9.17) is 17.3 Å². The van der Waals surface area contributed by atoms with Crippen molar-refractivity contribution in [3.8, 4) is 0 Å². The Morgan fingerprint density at radius 2 is 2.26 bits per heavy atom. The summed E-state index contributed by atoms with van der Waals surface area (Å²) in [5, 5.41) is 3.79. The number of aromatic nitrogens is 2. The second-order valence-electron chi connectivity index (χ2n) is 4.01. The molecule has 0 aliphatic carbocycles. The number of aryl methyl sites for hydroxylation is 1. The van der Waals surface area contributed by atoms with Crippen LogP contribution >= 0.6 is 27.5 Å². The molecule has 0 radical (unpaired) electrons. The lowest BCUT2D eigenvalue weighted by Gasteiger charge is -2.10. The Labute approximate surface area is 122 Å². The molecule has 0 saturated heterocycles. The van der Waals surface area contributed by atoms with Gasteiger partial charge in [-0.15, -0.1) is 0 Å². The predicted octanol–water partition coefficient (Wildman–Crippen LogP) is 2.86. The molecule has 1 heterocycles. The average Bonchev–Trinajstić information content (AvgIpc) is 2.81. The monoisotopic (exact) mass is 345 g/mol. The zero-order valence-corrected chi connectivity index (χ0v) is 12.2. The Morgan fingerprint density at radius 3 is 2.84 bits per heavy atom. The van der Waals surface area contributed by atoms with Gasteiger partial charge in [0.1, 0.15) is 0 Å². The highest BCUT2D eigenvalue weighted by molar-refractivity contribution is 9.10. The van der Waals surface area contributed by atoms with Crippen LogP contribution in [0.4, 0.5) is 4.39 Å². The molecule has 1 aromatic heterocycles. The van der Waals surface area contributed by atoms with Crippen molar-refractivity contribution in [1.82, 2.24) is 9.78 Å². The minimum absolute atomic E-state index is 0.135. The molecular weight excluding hydrogens is 337 g/mol. The third kappa shape index (κ3) is 2.70. The van der Waals surface area contributed by atoms with Gasteiger partial charge >= 0.3 is 0 Å². The normalized spacial score (nSPS) is 12.5. The number of halogens is 3. The standard InChI is InChI=1S/C12H10BrClFN3O/c1-18-5-6(4-17-18)11(16)12(19)7-2-3-8(13)9(14)10(7)15/h2-5,11H,16H2,1H3. The summed E-state index contributed by atoms with van der Waals surface area (Å²) in [5.74, 6) is -1.32. The third-order valence-corrected chi connectivity index (χ3v) is 3.93. The van der Waals surface area contributed by atoms with Crippen LogP contribution in [0.15, 0.2) is 29.0 Å². The van der Waals surface area contributed by atoms with Crippen LogP contribution in [0.3, 0.4) is 0 Å². The molecule has 4 nitrogen and oxygen atoms in total. The van der Waals surface area contributed by atoms with Crippen molar-refractivity contribution in [2.24, 2.45) is 12.8 Å². The van der Waals surface area contributed by atoms with Gasteiger partial charge in [-0.05, 0) is 28.1 Å². The largest absolute Gasteiger partial charge is 0.317 e. The summed E-state index contributed by atoms with van der Waals surface area (Å²) in [6, 6.07) is 1.89. The first kappa shape index (κ1) is 14.2. The minimum Gasteiger partial charge on any atom is -0.317 e. The summed E-state index contributed by atoms with van der Waals surface area (Å²) in [6.45, 7) is 0. The van der Waals surface area contributed by atoms with E-state index in [-0.39, 0.29) is 10.6 Å². The maximum atomic E-state index is 13.9. The Hall–Kier alpha value is -1.24. The number of rotatable bonds is 3. The van der Waals surface area contributed by atoms with Crippen molar-refractivity contribution in [2.75, 3.05) is 0 Å². The fourth-order valence-corrected chi connectivity index (χ4v) is 2.11. The van der Waals surface area contributed by atoms with Crippen LogP contribution in [0.1, 0.15) is 22.0 Å². The lowest BCUT2D eigenvalue weighted by atomic mass is 10.0. The first-order chi connectivity index (χ1) is 8.91. The molecule has 2 rings (SSSR count). The van der Waals surface area contributed by atoms with Crippen molar-refractivity contribution in [2.45, 2.75) is 6.04 Å². The van der Waals surface area contributed by atoms with E-state index in [1.54, 1.807) is 13.2 Å². The van der Waals surface area contributed by atoms with E-state index in [9.17, 15) is 9.18 Å². The molecule has 0 fully saturated rings. The highest BCUT2D eigenvalue weighted by atomic mass is 79.9. The molecule has 1 atom stereocenters. The molecule has 0 spiro atoms. The molecular formula is C12H10BrClFN3O. The number of ketones is 1. The van der Waals surface area contributed by atoms with Crippen LogP contribution in [-0.4, -0.2) is 15.6 Å². The summed E-state index contributed by atoms with van der Waals surface area (Å²) >= 11 is 8.84. The maximum absolute atomic E-state index is 13.9. The SMILES string of the molecule is Cn1cc(C(N)C(=O)c2ccc(Br)c(Cl)c2F)cn1. The second-order valence-corrected chi connectivity index (χ2v) is 5.24. The lowest BCUT2D eigenvalue weighted by Crippen LogP contribution is -2.22. The number of Topliss-reactive ketones (excluding diaryl/α,β-unsaturated/α-hetero) is 1. The Morgan fingerprint density at radius 1 is 1.58 bits per heavy atom. The molecule has 2 N–H and O–H groups in total. The van der Waals surface area contributed by atoms with Crippen molar-refractivity contribution in [3.63, 3.8) is 0 Å². The van der Waals surface area contributed by atoms with E-state index < -0.39 is 17.6 Å². The van der Waals surface area contributed by atoms with Crippen molar-refractivity contribution in [1.29, 1.82) is 0 Å². The fourth-order valence-electron chi connectivity index (χ4n) is 1.64. The quantitative estimate of drug-likeness (QED) is 0.687. The van der Waals surface area contributed by atoms with Crippen molar-refractivity contribution >= 4 is 33.3 Å².